The molecule has 0 bridgehead atoms. The Morgan fingerprint density at radius 2 is 2.00 bits per heavy atom. The number of ketones is 1. The van der Waals surface area contributed by atoms with Crippen LogP contribution in [0, 0.1) is 5.92 Å². The first-order chi connectivity index (χ1) is 3.13. The molecule has 0 rings (SSSR count). The molecule has 1 heteroatoms. The van der Waals surface area contributed by atoms with Gasteiger partial charge in [0.15, 0.2) is 0 Å². The lowest BCUT2D eigenvalue weighted by Gasteiger charge is -1.95. The quantitative estimate of drug-likeness (QED) is 0.489. The van der Waals surface area contributed by atoms with Crippen molar-refractivity contribution in [2.24, 2.45) is 5.92 Å². The second-order valence-corrected chi connectivity index (χ2v) is 2.30. The molecule has 0 N–H and O–H groups in total. The summed E-state index contributed by atoms with van der Waals surface area (Å²) in [7, 11) is 0. The van der Waals surface area contributed by atoms with E-state index in [1.807, 2.05) is 13.8 Å². The number of rotatable bonds is 2. The zero-order valence-corrected chi connectivity index (χ0v) is 5.19. The van der Waals surface area contributed by atoms with Gasteiger partial charge in [-0.05, 0) is 12.8 Å². The van der Waals surface area contributed by atoms with Crippen molar-refractivity contribution in [1.82, 2.24) is 0 Å². The predicted octanol–water partition coefficient (Wildman–Crippen LogP) is 1.62. The molecule has 0 amide bonds. The average molecular weight is 106 g/mol. The summed E-state index contributed by atoms with van der Waals surface area (Å²) in [6.45, 7) is 5.71. The smallest absolute Gasteiger partial charge is 0.130 e. The monoisotopic (exact) mass is 106 g/mol. The summed E-state index contributed by atoms with van der Waals surface area (Å²) in [5.41, 5.74) is 0. The molecule has 0 aliphatic heterocycles. The lowest BCUT2D eigenvalue weighted by Crippen LogP contribution is -1.95. The number of carbonyl (C=O) groups is 1. The first-order valence-corrected chi connectivity index (χ1v) is 2.62. The van der Waals surface area contributed by atoms with Gasteiger partial charge in [0, 0.05) is 6.42 Å². The number of hydrogen-bond donors (Lipinski definition) is 0. The molecule has 0 aromatic rings. The molecule has 0 aliphatic carbocycles. The topological polar surface area (TPSA) is 17.1 Å². The Hall–Kier alpha value is -0.330. The van der Waals surface area contributed by atoms with Crippen molar-refractivity contribution in [3.8, 4) is 0 Å². The highest BCUT2D eigenvalue weighted by Crippen LogP contribution is 1.97. The van der Waals surface area contributed by atoms with Crippen molar-refractivity contribution in [1.29, 1.82) is 0 Å². The zero-order chi connectivity index (χ0) is 5.86. The average Bonchev–Trinajstić information content (AvgIpc) is 1.27. The van der Waals surface area contributed by atoms with Crippen molar-refractivity contribution >= 4 is 5.78 Å². The molecule has 0 saturated heterocycles. The molecule has 0 radical (unpaired) electrons. The third kappa shape index (κ3) is 5.67. The molecule has 0 aromatic heterocycles. The Morgan fingerprint density at radius 3 is 2.00 bits per heavy atom. The summed E-state index contributed by atoms with van der Waals surface area (Å²) in [6, 6.07) is 0. The fourth-order valence-corrected chi connectivity index (χ4v) is 0.575. The van der Waals surface area contributed by atoms with Crippen LogP contribution in [0.25, 0.3) is 0 Å². The molecule has 0 saturated carbocycles. The van der Waals surface area contributed by atoms with Crippen LogP contribution in [0.2, 0.25) is 0 Å². The van der Waals surface area contributed by atoms with Gasteiger partial charge in [-0.15, -0.1) is 0 Å². The third-order valence-electron chi connectivity index (χ3n) is 0.696. The van der Waals surface area contributed by atoms with Gasteiger partial charge in [0.05, 0.1) is 0 Å². The van der Waals surface area contributed by atoms with Gasteiger partial charge in [0.2, 0.25) is 0 Å². The summed E-state index contributed by atoms with van der Waals surface area (Å²) in [5.74, 6) is 0.813. The maximum absolute atomic E-state index is 10.3. The highest BCUT2D eigenvalue weighted by atomic mass is 16.2. The van der Waals surface area contributed by atoms with Crippen LogP contribution in [-0.2, 0) is 4.79 Å². The molecular weight excluding hydrogens is 94.0 g/mol. The van der Waals surface area contributed by atoms with Gasteiger partial charge in [-0.25, -0.2) is 0 Å². The van der Waals surface area contributed by atoms with E-state index in [-0.39, 0.29) is 5.78 Å². The van der Waals surface area contributed by atoms with E-state index < -0.39 is 0 Å². The van der Waals surface area contributed by atoms with Gasteiger partial charge in [0.25, 0.3) is 0 Å². The first kappa shape index (κ1) is 6.67. The second kappa shape index (κ2) is 2.78. The summed E-state index contributed by atoms with van der Waals surface area (Å²) in [6.07, 6.45) is 0.722. The van der Waals surface area contributed by atoms with Gasteiger partial charge in [0.1, 0.15) is 5.78 Å². The van der Waals surface area contributed by atoms with Crippen LogP contribution in [0.15, 0.2) is 0 Å². The van der Waals surface area contributed by atoms with Crippen LogP contribution in [0.5, 0.6) is 0 Å². The van der Waals surface area contributed by atoms with Crippen LogP contribution >= 0.6 is 0 Å². The molecule has 0 heterocycles. The Morgan fingerprint density at radius 1 is 1.57 bits per heavy atom. The highest BCUT2D eigenvalue weighted by Gasteiger charge is 1.95. The highest BCUT2D eigenvalue weighted by molar-refractivity contribution is 5.75. The van der Waals surface area contributed by atoms with Crippen LogP contribution in [-0.4, -0.2) is 5.78 Å². The molecule has 42 valence electrons. The predicted molar refractivity (Wildman–Crippen MR) is 30.1 cm³/mol. The van der Waals surface area contributed by atoms with Gasteiger partial charge in [-0.2, -0.15) is 0 Å². The molecular formula is C6H12O. The summed E-state index contributed by atoms with van der Waals surface area (Å²) < 4.78 is 0. The lowest BCUT2D eigenvalue weighted by molar-refractivity contribution is -0.117. The van der Waals surface area contributed by atoms with Gasteiger partial charge in [-0.1, -0.05) is 13.8 Å². The molecule has 1 nitrogen and oxygen atoms in total. The minimum absolute atomic E-state index is 0.287. The molecule has 0 aromatic carbocycles. The summed E-state index contributed by atoms with van der Waals surface area (Å²) in [5, 5.41) is 0. The molecule has 0 atom stereocenters. The SMILES string of the molecule is [13CH3][13C](=O)[13CH2][13CH]([13CH3])[13CH3]. The third-order valence-corrected chi connectivity index (χ3v) is 0.696. The largest absolute Gasteiger partial charge is 0.300 e. The Balaban J connectivity index is 3.13. The Labute approximate surface area is 44.7 Å². The van der Waals surface area contributed by atoms with Crippen LogP contribution in [0.1, 0.15) is 27.2 Å². The van der Waals surface area contributed by atoms with Crippen molar-refractivity contribution in [2.75, 3.05) is 0 Å². The van der Waals surface area contributed by atoms with Gasteiger partial charge in [-0.3, -0.25) is 0 Å². The normalized spacial score (nSPS) is 9.71. The fraction of sp³-hybridized carbons (Fsp3) is 0.833. The lowest BCUT2D eigenvalue weighted by atomic mass is 11.1. The standard InChI is InChI=1S/C6H12O/c1-5(2)4-6(3)7/h5H,4H2,1-3H3/i1+1,2+1,3+1,4+1,5+1,6+1. The Bertz CT molecular complexity index is 64.6. The van der Waals surface area contributed by atoms with Crippen molar-refractivity contribution < 1.29 is 4.79 Å². The Kier molecular flexibility index (Phi) is 2.65. The van der Waals surface area contributed by atoms with E-state index in [9.17, 15) is 4.79 Å². The van der Waals surface area contributed by atoms with Crippen LogP contribution < -0.4 is 0 Å². The van der Waals surface area contributed by atoms with E-state index in [2.05, 4.69) is 0 Å². The van der Waals surface area contributed by atoms with Crippen molar-refractivity contribution in [3.63, 3.8) is 0 Å². The molecule has 0 fully saturated rings. The second-order valence-electron chi connectivity index (χ2n) is 2.30. The minimum Gasteiger partial charge on any atom is -0.300 e. The van der Waals surface area contributed by atoms with E-state index in [0.717, 1.165) is 6.42 Å². The summed E-state index contributed by atoms with van der Waals surface area (Å²) in [4.78, 5) is 10.3. The van der Waals surface area contributed by atoms with Gasteiger partial charge < -0.3 is 4.79 Å². The number of hydrogen-bond acceptors (Lipinski definition) is 1. The molecule has 7 heavy (non-hydrogen) atoms. The molecule has 0 spiro atoms. The number of carbonyl (C=O) groups excluding carboxylic acids is 1. The molecule has 0 unspecified atom stereocenters. The maximum atomic E-state index is 10.3. The van der Waals surface area contributed by atoms with Crippen molar-refractivity contribution in [2.45, 2.75) is 27.2 Å². The molecule has 0 aliphatic rings. The first-order valence-electron chi connectivity index (χ1n) is 2.62. The van der Waals surface area contributed by atoms with E-state index in [0.29, 0.717) is 5.92 Å². The van der Waals surface area contributed by atoms with Crippen LogP contribution in [0.3, 0.4) is 0 Å². The fourth-order valence-electron chi connectivity index (χ4n) is 0.575. The van der Waals surface area contributed by atoms with Gasteiger partial charge >= 0.3 is 0 Å². The van der Waals surface area contributed by atoms with Crippen LogP contribution in [0.4, 0.5) is 0 Å². The van der Waals surface area contributed by atoms with E-state index in [1.165, 1.54) is 0 Å². The zero-order valence-electron chi connectivity index (χ0n) is 5.19. The summed E-state index contributed by atoms with van der Waals surface area (Å²) >= 11 is 0. The minimum atomic E-state index is 0.287. The van der Waals surface area contributed by atoms with E-state index in [1.54, 1.807) is 6.92 Å². The van der Waals surface area contributed by atoms with E-state index in [4.69, 9.17) is 0 Å². The number of Topliss-reactive ketones (excluding diaryl/α,β-unsaturated/α-hetero) is 1. The maximum Gasteiger partial charge on any atom is 0.130 e. The van der Waals surface area contributed by atoms with Crippen molar-refractivity contribution in [3.05, 3.63) is 0 Å². The van der Waals surface area contributed by atoms with E-state index >= 15 is 0 Å².